The molecule has 6 heteroatoms. The lowest BCUT2D eigenvalue weighted by Crippen LogP contribution is -2.35. The van der Waals surface area contributed by atoms with Gasteiger partial charge in [0, 0.05) is 7.11 Å². The highest BCUT2D eigenvalue weighted by atomic mass is 16.7. The Bertz CT molecular complexity index is 428. The van der Waals surface area contributed by atoms with Gasteiger partial charge in [0.2, 0.25) is 0 Å². The predicted octanol–water partition coefficient (Wildman–Crippen LogP) is 3.39. The summed E-state index contributed by atoms with van der Waals surface area (Å²) in [6, 6.07) is 0. The minimum Gasteiger partial charge on any atom is -0.438 e. The SMILES string of the molecule is CCC1CC(CC)C(C(=O)OCOCC(C)(C)C)C1C(=O)OCOC. The number of carbonyl (C=O) groups is 2. The first-order chi connectivity index (χ1) is 11.7. The molecular weight excluding hydrogens is 324 g/mol. The van der Waals surface area contributed by atoms with Gasteiger partial charge >= 0.3 is 11.9 Å². The molecule has 0 spiro atoms. The maximum Gasteiger partial charge on any atom is 0.312 e. The summed E-state index contributed by atoms with van der Waals surface area (Å²) in [5.41, 5.74) is 0.00548. The van der Waals surface area contributed by atoms with Gasteiger partial charge < -0.3 is 18.9 Å². The van der Waals surface area contributed by atoms with Crippen molar-refractivity contribution in [2.24, 2.45) is 29.1 Å². The van der Waals surface area contributed by atoms with Crippen LogP contribution in [0.3, 0.4) is 0 Å². The summed E-state index contributed by atoms with van der Waals surface area (Å²) in [5.74, 6) is -1.43. The van der Waals surface area contributed by atoms with Gasteiger partial charge in [-0.15, -0.1) is 0 Å². The molecule has 0 aliphatic heterocycles. The molecule has 0 amide bonds. The van der Waals surface area contributed by atoms with Gasteiger partial charge in [-0.25, -0.2) is 0 Å². The third-order valence-electron chi connectivity index (χ3n) is 4.74. The minimum atomic E-state index is -0.474. The molecule has 1 rings (SSSR count). The number of ether oxygens (including phenoxy) is 4. The largest absolute Gasteiger partial charge is 0.438 e. The van der Waals surface area contributed by atoms with Crippen molar-refractivity contribution in [1.29, 1.82) is 0 Å². The first-order valence-corrected chi connectivity index (χ1v) is 9.15. The zero-order chi connectivity index (χ0) is 19.0. The average molecular weight is 358 g/mol. The van der Waals surface area contributed by atoms with Crippen LogP contribution in [0.4, 0.5) is 0 Å². The van der Waals surface area contributed by atoms with Gasteiger partial charge in [0.25, 0.3) is 0 Å². The number of carbonyl (C=O) groups excluding carboxylic acids is 2. The van der Waals surface area contributed by atoms with Gasteiger partial charge in [0.05, 0.1) is 18.4 Å². The van der Waals surface area contributed by atoms with Crippen LogP contribution in [-0.2, 0) is 28.5 Å². The molecule has 146 valence electrons. The molecule has 0 heterocycles. The van der Waals surface area contributed by atoms with Crippen LogP contribution in [0, 0.1) is 29.1 Å². The molecule has 0 bridgehead atoms. The second-order valence-electron chi connectivity index (χ2n) is 7.98. The van der Waals surface area contributed by atoms with Crippen LogP contribution >= 0.6 is 0 Å². The number of esters is 2. The molecule has 1 aliphatic carbocycles. The lowest BCUT2D eigenvalue weighted by molar-refractivity contribution is -0.175. The summed E-state index contributed by atoms with van der Waals surface area (Å²) in [4.78, 5) is 25.1. The normalized spacial score (nSPS) is 26.5. The second kappa shape index (κ2) is 10.1. The number of rotatable bonds is 9. The zero-order valence-corrected chi connectivity index (χ0v) is 16.5. The molecule has 0 radical (unpaired) electrons. The third-order valence-corrected chi connectivity index (χ3v) is 4.74. The van der Waals surface area contributed by atoms with Crippen molar-refractivity contribution in [2.75, 3.05) is 27.3 Å². The van der Waals surface area contributed by atoms with E-state index in [1.807, 2.05) is 34.6 Å². The van der Waals surface area contributed by atoms with Crippen LogP contribution in [0.2, 0.25) is 0 Å². The molecule has 0 aromatic heterocycles. The molecule has 0 saturated heterocycles. The van der Waals surface area contributed by atoms with Gasteiger partial charge in [0.1, 0.15) is 0 Å². The Morgan fingerprint density at radius 1 is 0.920 bits per heavy atom. The summed E-state index contributed by atoms with van der Waals surface area (Å²) in [5, 5.41) is 0. The Kier molecular flexibility index (Phi) is 8.86. The van der Waals surface area contributed by atoms with E-state index < -0.39 is 11.8 Å². The molecule has 1 fully saturated rings. The molecule has 0 aromatic rings. The van der Waals surface area contributed by atoms with Crippen LogP contribution in [0.5, 0.6) is 0 Å². The van der Waals surface area contributed by atoms with Gasteiger partial charge in [-0.3, -0.25) is 9.59 Å². The Hall–Kier alpha value is -1.14. The number of methoxy groups -OCH3 is 1. The highest BCUT2D eigenvalue weighted by Gasteiger charge is 2.50. The highest BCUT2D eigenvalue weighted by Crippen LogP contribution is 2.46. The molecule has 25 heavy (non-hydrogen) atoms. The van der Waals surface area contributed by atoms with E-state index in [-0.39, 0.29) is 42.8 Å². The molecule has 1 saturated carbocycles. The van der Waals surface area contributed by atoms with E-state index in [4.69, 9.17) is 18.9 Å². The Morgan fingerprint density at radius 3 is 1.80 bits per heavy atom. The highest BCUT2D eigenvalue weighted by molar-refractivity contribution is 5.83. The van der Waals surface area contributed by atoms with Crippen LogP contribution in [0.15, 0.2) is 0 Å². The number of hydrogen-bond acceptors (Lipinski definition) is 6. The molecule has 0 N–H and O–H groups in total. The molecular formula is C19H34O6. The average Bonchev–Trinajstić information content (AvgIpc) is 2.94. The van der Waals surface area contributed by atoms with E-state index in [2.05, 4.69) is 0 Å². The molecule has 4 atom stereocenters. The Labute approximate surface area is 151 Å². The van der Waals surface area contributed by atoms with E-state index in [1.165, 1.54) is 7.11 Å². The van der Waals surface area contributed by atoms with Crippen molar-refractivity contribution < 1.29 is 28.5 Å². The van der Waals surface area contributed by atoms with E-state index in [0.29, 0.717) is 6.61 Å². The lowest BCUT2D eigenvalue weighted by atomic mass is 9.85. The van der Waals surface area contributed by atoms with Crippen molar-refractivity contribution >= 4 is 11.9 Å². The Morgan fingerprint density at radius 2 is 1.40 bits per heavy atom. The second-order valence-corrected chi connectivity index (χ2v) is 7.98. The first kappa shape index (κ1) is 21.9. The molecule has 1 aliphatic rings. The van der Waals surface area contributed by atoms with Crippen LogP contribution in [0.25, 0.3) is 0 Å². The molecule has 4 unspecified atom stereocenters. The van der Waals surface area contributed by atoms with Crippen molar-refractivity contribution in [3.05, 3.63) is 0 Å². The van der Waals surface area contributed by atoms with Crippen LogP contribution < -0.4 is 0 Å². The topological polar surface area (TPSA) is 71.1 Å². The van der Waals surface area contributed by atoms with Crippen molar-refractivity contribution in [3.63, 3.8) is 0 Å². The predicted molar refractivity (Wildman–Crippen MR) is 93.5 cm³/mol. The van der Waals surface area contributed by atoms with E-state index >= 15 is 0 Å². The maximum atomic E-state index is 12.6. The summed E-state index contributed by atoms with van der Waals surface area (Å²) >= 11 is 0. The van der Waals surface area contributed by atoms with Crippen molar-refractivity contribution in [2.45, 2.75) is 53.9 Å². The zero-order valence-electron chi connectivity index (χ0n) is 16.5. The van der Waals surface area contributed by atoms with Crippen LogP contribution in [-0.4, -0.2) is 39.2 Å². The van der Waals surface area contributed by atoms with Crippen molar-refractivity contribution in [3.8, 4) is 0 Å². The van der Waals surface area contributed by atoms with E-state index in [1.54, 1.807) is 0 Å². The maximum absolute atomic E-state index is 12.6. The van der Waals surface area contributed by atoms with Crippen LogP contribution in [0.1, 0.15) is 53.9 Å². The monoisotopic (exact) mass is 358 g/mol. The fourth-order valence-electron chi connectivity index (χ4n) is 3.54. The Balaban J connectivity index is 2.74. The quantitative estimate of drug-likeness (QED) is 0.357. The van der Waals surface area contributed by atoms with E-state index in [0.717, 1.165) is 19.3 Å². The summed E-state index contributed by atoms with van der Waals surface area (Å²) in [6.45, 7) is 10.5. The summed E-state index contributed by atoms with van der Waals surface area (Å²) in [6.07, 6.45) is 2.49. The molecule has 6 nitrogen and oxygen atoms in total. The van der Waals surface area contributed by atoms with Gasteiger partial charge in [-0.2, -0.15) is 0 Å². The summed E-state index contributed by atoms with van der Waals surface area (Å²) in [7, 11) is 1.46. The van der Waals surface area contributed by atoms with Gasteiger partial charge in [0.15, 0.2) is 13.6 Å². The van der Waals surface area contributed by atoms with Gasteiger partial charge in [-0.05, 0) is 23.7 Å². The third kappa shape index (κ3) is 6.59. The fraction of sp³-hybridized carbons (Fsp3) is 0.895. The molecule has 0 aromatic carbocycles. The smallest absolute Gasteiger partial charge is 0.312 e. The summed E-state index contributed by atoms with van der Waals surface area (Å²) < 4.78 is 20.7. The lowest BCUT2D eigenvalue weighted by Gasteiger charge is -2.24. The first-order valence-electron chi connectivity index (χ1n) is 9.15. The fourth-order valence-corrected chi connectivity index (χ4v) is 3.54. The minimum absolute atomic E-state index is 0.00548. The van der Waals surface area contributed by atoms with E-state index in [9.17, 15) is 9.59 Å². The van der Waals surface area contributed by atoms with Gasteiger partial charge in [-0.1, -0.05) is 47.5 Å². The number of hydrogen-bond donors (Lipinski definition) is 0. The standard InChI is InChI=1S/C19H34O6/c1-7-13-9-14(8-2)16(15(13)17(20)24-11-22-6)18(21)25-12-23-10-19(3,4)5/h13-16H,7-12H2,1-6H3. The van der Waals surface area contributed by atoms with Crippen molar-refractivity contribution in [1.82, 2.24) is 0 Å².